The molecule has 5 nitrogen and oxygen atoms in total. The second-order valence-electron chi connectivity index (χ2n) is 4.63. The van der Waals surface area contributed by atoms with Crippen molar-refractivity contribution in [2.24, 2.45) is 0 Å². The standard InChI is InChI=1S/C15H15N3O2/c19-13-6-3-7-17-14(13)15(20)18-9-8-16-10-11-4-1-2-5-12(11)18/h1-7,16,19H,8-10H2. The number of hydrogen-bond acceptors (Lipinski definition) is 4. The number of carbonyl (C=O) groups is 1. The van der Waals surface area contributed by atoms with Gasteiger partial charge >= 0.3 is 0 Å². The van der Waals surface area contributed by atoms with Gasteiger partial charge in [0, 0.05) is 31.5 Å². The van der Waals surface area contributed by atoms with Gasteiger partial charge in [-0.3, -0.25) is 4.79 Å². The maximum Gasteiger partial charge on any atom is 0.280 e. The molecule has 2 aromatic rings. The maximum atomic E-state index is 12.6. The number of anilines is 1. The van der Waals surface area contributed by atoms with Gasteiger partial charge in [-0.2, -0.15) is 0 Å². The SMILES string of the molecule is O=C(c1ncccc1O)N1CCNCc2ccccc21. The largest absolute Gasteiger partial charge is 0.505 e. The van der Waals surface area contributed by atoms with Crippen molar-refractivity contribution in [3.63, 3.8) is 0 Å². The maximum absolute atomic E-state index is 12.6. The number of hydrogen-bond donors (Lipinski definition) is 2. The Hall–Kier alpha value is -2.40. The van der Waals surface area contributed by atoms with Crippen LogP contribution in [0.5, 0.6) is 5.75 Å². The summed E-state index contributed by atoms with van der Waals surface area (Å²) in [4.78, 5) is 18.3. The fraction of sp³-hybridized carbons (Fsp3) is 0.200. The van der Waals surface area contributed by atoms with Crippen molar-refractivity contribution in [2.45, 2.75) is 6.54 Å². The minimum Gasteiger partial charge on any atom is -0.505 e. The van der Waals surface area contributed by atoms with Crippen LogP contribution in [0.1, 0.15) is 16.1 Å². The molecule has 1 aliphatic rings. The van der Waals surface area contributed by atoms with E-state index in [1.807, 2.05) is 24.3 Å². The lowest BCUT2D eigenvalue weighted by Gasteiger charge is -2.22. The topological polar surface area (TPSA) is 65.5 Å². The Kier molecular flexibility index (Phi) is 3.35. The third-order valence-electron chi connectivity index (χ3n) is 3.34. The van der Waals surface area contributed by atoms with Crippen LogP contribution in [0.15, 0.2) is 42.6 Å². The van der Waals surface area contributed by atoms with Gasteiger partial charge in [0.15, 0.2) is 5.69 Å². The zero-order valence-corrected chi connectivity index (χ0v) is 10.9. The Balaban J connectivity index is 2.02. The molecule has 2 N–H and O–H groups in total. The lowest BCUT2D eigenvalue weighted by atomic mass is 10.1. The van der Waals surface area contributed by atoms with Crippen molar-refractivity contribution in [3.8, 4) is 5.75 Å². The summed E-state index contributed by atoms with van der Waals surface area (Å²) in [5, 5.41) is 13.1. The minimum absolute atomic E-state index is 0.0872. The van der Waals surface area contributed by atoms with E-state index in [0.717, 1.165) is 17.8 Å². The predicted molar refractivity (Wildman–Crippen MR) is 75.7 cm³/mol. The molecule has 3 rings (SSSR count). The van der Waals surface area contributed by atoms with Crippen LogP contribution in [-0.2, 0) is 6.54 Å². The van der Waals surface area contributed by atoms with E-state index in [0.29, 0.717) is 13.1 Å². The zero-order valence-electron chi connectivity index (χ0n) is 10.9. The highest BCUT2D eigenvalue weighted by Gasteiger charge is 2.24. The summed E-state index contributed by atoms with van der Waals surface area (Å²) < 4.78 is 0. The van der Waals surface area contributed by atoms with Crippen molar-refractivity contribution in [1.82, 2.24) is 10.3 Å². The van der Waals surface area contributed by atoms with Crippen LogP contribution in [0.4, 0.5) is 5.69 Å². The van der Waals surface area contributed by atoms with Gasteiger partial charge in [-0.1, -0.05) is 18.2 Å². The first-order valence-electron chi connectivity index (χ1n) is 6.52. The molecule has 1 aromatic heterocycles. The molecule has 0 bridgehead atoms. The molecule has 0 saturated carbocycles. The highest BCUT2D eigenvalue weighted by molar-refractivity contribution is 6.06. The number of fused-ring (bicyclic) bond motifs is 1. The van der Waals surface area contributed by atoms with Gasteiger partial charge in [-0.15, -0.1) is 0 Å². The van der Waals surface area contributed by atoms with E-state index in [1.165, 1.54) is 12.3 Å². The molecule has 0 fully saturated rings. The van der Waals surface area contributed by atoms with Crippen molar-refractivity contribution in [2.75, 3.05) is 18.0 Å². The van der Waals surface area contributed by atoms with E-state index in [-0.39, 0.29) is 17.4 Å². The van der Waals surface area contributed by atoms with E-state index in [2.05, 4.69) is 10.3 Å². The van der Waals surface area contributed by atoms with E-state index < -0.39 is 0 Å². The number of carbonyl (C=O) groups excluding carboxylic acids is 1. The highest BCUT2D eigenvalue weighted by atomic mass is 16.3. The van der Waals surface area contributed by atoms with Gasteiger partial charge in [0.2, 0.25) is 0 Å². The molecular weight excluding hydrogens is 254 g/mol. The van der Waals surface area contributed by atoms with Crippen LogP contribution < -0.4 is 10.2 Å². The first-order chi connectivity index (χ1) is 9.77. The summed E-state index contributed by atoms with van der Waals surface area (Å²) in [5.41, 5.74) is 2.02. The number of aromatic nitrogens is 1. The molecular formula is C15H15N3O2. The molecule has 5 heteroatoms. The second-order valence-corrected chi connectivity index (χ2v) is 4.63. The average molecular weight is 269 g/mol. The van der Waals surface area contributed by atoms with Gasteiger partial charge in [-0.05, 0) is 23.8 Å². The zero-order chi connectivity index (χ0) is 13.9. The number of nitrogens with zero attached hydrogens (tertiary/aromatic N) is 2. The number of rotatable bonds is 1. The molecule has 1 aliphatic heterocycles. The van der Waals surface area contributed by atoms with Crippen LogP contribution >= 0.6 is 0 Å². The molecule has 1 amide bonds. The molecule has 1 aromatic carbocycles. The van der Waals surface area contributed by atoms with Crippen molar-refractivity contribution in [1.29, 1.82) is 0 Å². The molecule has 20 heavy (non-hydrogen) atoms. The number of nitrogens with one attached hydrogen (secondary N) is 1. The van der Waals surface area contributed by atoms with Gasteiger partial charge in [-0.25, -0.2) is 4.98 Å². The lowest BCUT2D eigenvalue weighted by molar-refractivity contribution is 0.0980. The molecule has 0 spiro atoms. The van der Waals surface area contributed by atoms with Crippen molar-refractivity contribution in [3.05, 3.63) is 53.9 Å². The van der Waals surface area contributed by atoms with E-state index in [1.54, 1.807) is 11.0 Å². The predicted octanol–water partition coefficient (Wildman–Crippen LogP) is 1.54. The fourth-order valence-electron chi connectivity index (χ4n) is 2.36. The van der Waals surface area contributed by atoms with Gasteiger partial charge < -0.3 is 15.3 Å². The Morgan fingerprint density at radius 2 is 2.10 bits per heavy atom. The first kappa shape index (κ1) is 12.6. The number of benzene rings is 1. The summed E-state index contributed by atoms with van der Waals surface area (Å²) in [6.45, 7) is 1.98. The molecule has 102 valence electrons. The third kappa shape index (κ3) is 2.23. The lowest BCUT2D eigenvalue weighted by Crippen LogP contribution is -2.35. The molecule has 2 heterocycles. The van der Waals surface area contributed by atoms with E-state index in [4.69, 9.17) is 0 Å². The molecule has 0 saturated heterocycles. The first-order valence-corrected chi connectivity index (χ1v) is 6.52. The van der Waals surface area contributed by atoms with Crippen LogP contribution in [-0.4, -0.2) is 29.1 Å². The second kappa shape index (κ2) is 5.30. The Morgan fingerprint density at radius 1 is 1.25 bits per heavy atom. The monoisotopic (exact) mass is 269 g/mol. The van der Waals surface area contributed by atoms with Crippen LogP contribution in [0.25, 0.3) is 0 Å². The molecule has 0 aliphatic carbocycles. The van der Waals surface area contributed by atoms with Crippen LogP contribution in [0, 0.1) is 0 Å². The fourth-order valence-corrected chi connectivity index (χ4v) is 2.36. The third-order valence-corrected chi connectivity index (χ3v) is 3.34. The minimum atomic E-state index is -0.278. The summed E-state index contributed by atoms with van der Waals surface area (Å²) >= 11 is 0. The summed E-state index contributed by atoms with van der Waals surface area (Å²) in [6, 6.07) is 10.8. The summed E-state index contributed by atoms with van der Waals surface area (Å²) in [6.07, 6.45) is 1.51. The molecule has 0 radical (unpaired) electrons. The van der Waals surface area contributed by atoms with E-state index in [9.17, 15) is 9.90 Å². The number of amides is 1. The van der Waals surface area contributed by atoms with Crippen molar-refractivity contribution < 1.29 is 9.90 Å². The highest BCUT2D eigenvalue weighted by Crippen LogP contribution is 2.25. The van der Waals surface area contributed by atoms with Gasteiger partial charge in [0.1, 0.15) is 5.75 Å². The van der Waals surface area contributed by atoms with Crippen molar-refractivity contribution >= 4 is 11.6 Å². The normalized spacial score (nSPS) is 14.5. The van der Waals surface area contributed by atoms with Crippen LogP contribution in [0.2, 0.25) is 0 Å². The smallest absolute Gasteiger partial charge is 0.280 e. The number of para-hydroxylation sites is 1. The summed E-state index contributed by atoms with van der Waals surface area (Å²) in [7, 11) is 0. The quantitative estimate of drug-likeness (QED) is 0.824. The Morgan fingerprint density at radius 3 is 2.95 bits per heavy atom. The average Bonchev–Trinajstić information content (AvgIpc) is 2.69. The Labute approximate surface area is 116 Å². The number of pyridine rings is 1. The Bertz CT molecular complexity index is 643. The summed E-state index contributed by atoms with van der Waals surface area (Å²) in [5.74, 6) is -0.369. The van der Waals surface area contributed by atoms with Crippen LogP contribution in [0.3, 0.4) is 0 Å². The van der Waals surface area contributed by atoms with E-state index >= 15 is 0 Å². The molecule has 0 unspecified atom stereocenters. The number of aromatic hydroxyl groups is 1. The van der Waals surface area contributed by atoms with Gasteiger partial charge in [0.05, 0.1) is 0 Å². The molecule has 0 atom stereocenters. The van der Waals surface area contributed by atoms with Gasteiger partial charge in [0.25, 0.3) is 5.91 Å².